The van der Waals surface area contributed by atoms with E-state index >= 15 is 0 Å². The number of Topliss-reactive ketones (excluding diaryl/α,β-unsaturated/α-hetero) is 1. The molecule has 0 amide bonds. The van der Waals surface area contributed by atoms with Crippen molar-refractivity contribution in [1.82, 2.24) is 4.72 Å². The van der Waals surface area contributed by atoms with Crippen molar-refractivity contribution in [2.45, 2.75) is 42.6 Å². The summed E-state index contributed by atoms with van der Waals surface area (Å²) in [6.07, 6.45) is 0. The summed E-state index contributed by atoms with van der Waals surface area (Å²) in [7, 11) is -1.27. The first-order chi connectivity index (χ1) is 12.2. The fourth-order valence-corrected chi connectivity index (χ4v) is 7.30. The molecule has 1 saturated heterocycles. The van der Waals surface area contributed by atoms with Gasteiger partial charge in [0.25, 0.3) is 0 Å². The van der Waals surface area contributed by atoms with E-state index in [1.54, 1.807) is 30.4 Å². The maximum atomic E-state index is 12.9. The summed E-state index contributed by atoms with van der Waals surface area (Å²) in [5.41, 5.74) is 1.01. The van der Waals surface area contributed by atoms with Crippen molar-refractivity contribution >= 4 is 51.1 Å². The molecule has 26 heavy (non-hydrogen) atoms. The van der Waals surface area contributed by atoms with E-state index in [1.165, 1.54) is 0 Å². The number of hydrogen-bond donors (Lipinski definition) is 1. The number of carbonyl (C=O) groups is 1. The summed E-state index contributed by atoms with van der Waals surface area (Å²) in [6.45, 7) is 7.50. The normalized spacial score (nSPS) is 19.4. The van der Waals surface area contributed by atoms with Crippen LogP contribution in [-0.4, -0.2) is 30.3 Å². The molecule has 6 heteroatoms. The Morgan fingerprint density at radius 1 is 1.12 bits per heavy atom. The smallest absolute Gasteiger partial charge is 0.157 e. The molecule has 0 bridgehead atoms. The molecule has 3 rings (SSSR count). The minimum Gasteiger partial charge on any atom is -0.297 e. The zero-order valence-corrected chi connectivity index (χ0v) is 18.0. The lowest BCUT2D eigenvalue weighted by atomic mass is 9.98. The Morgan fingerprint density at radius 2 is 1.73 bits per heavy atom. The van der Waals surface area contributed by atoms with Crippen LogP contribution in [0.3, 0.4) is 0 Å². The zero-order chi connectivity index (χ0) is 18.9. The number of thioether (sulfide) groups is 2. The van der Waals surface area contributed by atoms with Gasteiger partial charge in [0.15, 0.2) is 5.78 Å². The van der Waals surface area contributed by atoms with Gasteiger partial charge in [0.05, 0.1) is 21.8 Å². The average Bonchev–Trinajstić information content (AvgIpc) is 3.09. The van der Waals surface area contributed by atoms with E-state index in [2.05, 4.69) is 35.1 Å². The van der Waals surface area contributed by atoms with E-state index in [4.69, 9.17) is 0 Å². The summed E-state index contributed by atoms with van der Waals surface area (Å²) >= 11 is 3.35. The van der Waals surface area contributed by atoms with Gasteiger partial charge in [0, 0.05) is 11.5 Å². The molecule has 0 aliphatic carbocycles. The summed E-state index contributed by atoms with van der Waals surface area (Å²) in [5, 5.41) is 2.29. The molecular weight excluding hydrogens is 382 g/mol. The van der Waals surface area contributed by atoms with Gasteiger partial charge in [-0.15, -0.1) is 23.5 Å². The molecule has 1 unspecified atom stereocenters. The lowest BCUT2D eigenvalue weighted by Gasteiger charge is -2.36. The predicted octanol–water partition coefficient (Wildman–Crippen LogP) is 4.70. The monoisotopic (exact) mass is 407 g/mol. The molecule has 2 atom stereocenters. The van der Waals surface area contributed by atoms with Gasteiger partial charge in [-0.1, -0.05) is 36.4 Å². The van der Waals surface area contributed by atoms with Gasteiger partial charge in [-0.3, -0.25) is 4.79 Å². The van der Waals surface area contributed by atoms with E-state index < -0.39 is 19.8 Å². The van der Waals surface area contributed by atoms with E-state index in [9.17, 15) is 9.00 Å². The molecule has 1 heterocycles. The third-order valence-corrected chi connectivity index (χ3v) is 9.72. The first-order valence-electron chi connectivity index (χ1n) is 8.70. The molecule has 2 aromatic carbocycles. The Balaban J connectivity index is 2.09. The Labute approximate surface area is 166 Å². The summed E-state index contributed by atoms with van der Waals surface area (Å²) in [6, 6.07) is 14.1. The fourth-order valence-electron chi connectivity index (χ4n) is 3.04. The third kappa shape index (κ3) is 3.88. The van der Waals surface area contributed by atoms with E-state index in [1.807, 2.05) is 32.9 Å². The lowest BCUT2D eigenvalue weighted by Crippen LogP contribution is -2.46. The number of benzene rings is 2. The maximum absolute atomic E-state index is 12.9. The van der Waals surface area contributed by atoms with Crippen molar-refractivity contribution in [3.8, 4) is 0 Å². The van der Waals surface area contributed by atoms with E-state index in [0.29, 0.717) is 0 Å². The van der Waals surface area contributed by atoms with E-state index in [0.717, 1.165) is 27.8 Å². The van der Waals surface area contributed by atoms with Crippen LogP contribution in [0.15, 0.2) is 42.5 Å². The first-order valence-corrected chi connectivity index (χ1v) is 11.8. The van der Waals surface area contributed by atoms with Crippen LogP contribution in [-0.2, 0) is 15.8 Å². The summed E-state index contributed by atoms with van der Waals surface area (Å²) < 4.78 is 15.2. The second-order valence-electron chi connectivity index (χ2n) is 7.46. The topological polar surface area (TPSA) is 46.2 Å². The van der Waals surface area contributed by atoms with Gasteiger partial charge < -0.3 is 0 Å². The minimum absolute atomic E-state index is 0.126. The highest BCUT2D eigenvalue weighted by Gasteiger charge is 2.49. The minimum atomic E-state index is -1.27. The Morgan fingerprint density at radius 3 is 2.31 bits per heavy atom. The van der Waals surface area contributed by atoms with Gasteiger partial charge in [-0.05, 0) is 50.1 Å². The van der Waals surface area contributed by atoms with Crippen LogP contribution in [0.4, 0.5) is 0 Å². The molecule has 2 aromatic rings. The zero-order valence-electron chi connectivity index (χ0n) is 15.6. The van der Waals surface area contributed by atoms with Gasteiger partial charge in [-0.2, -0.15) is 0 Å². The molecular formula is C20H25NO2S3. The lowest BCUT2D eigenvalue weighted by molar-refractivity contribution is -0.117. The van der Waals surface area contributed by atoms with Crippen LogP contribution in [0.25, 0.3) is 10.8 Å². The molecule has 1 aliphatic rings. The van der Waals surface area contributed by atoms with Gasteiger partial charge in [-0.25, -0.2) is 8.93 Å². The highest BCUT2D eigenvalue weighted by atomic mass is 32.2. The molecule has 0 radical (unpaired) electrons. The maximum Gasteiger partial charge on any atom is 0.157 e. The molecule has 1 N–H and O–H groups in total. The van der Waals surface area contributed by atoms with Gasteiger partial charge in [0.1, 0.15) is 4.08 Å². The Kier molecular flexibility index (Phi) is 5.87. The van der Waals surface area contributed by atoms with Crippen molar-refractivity contribution < 1.29 is 9.00 Å². The molecule has 1 aliphatic heterocycles. The molecule has 3 nitrogen and oxygen atoms in total. The molecule has 0 aromatic heterocycles. The summed E-state index contributed by atoms with van der Waals surface area (Å²) in [4.78, 5) is 12.7. The number of nitrogens with one attached hydrogen (secondary N) is 1. The van der Waals surface area contributed by atoms with Crippen molar-refractivity contribution in [2.24, 2.45) is 0 Å². The molecule has 1 fully saturated rings. The average molecular weight is 408 g/mol. The van der Waals surface area contributed by atoms with Crippen molar-refractivity contribution in [1.29, 1.82) is 0 Å². The van der Waals surface area contributed by atoms with Crippen LogP contribution in [0.1, 0.15) is 39.3 Å². The Hall–Kier alpha value is -0.820. The number of rotatable bonds is 5. The fraction of sp³-hybridized carbons (Fsp3) is 0.450. The first kappa shape index (κ1) is 19.9. The molecule has 0 saturated carbocycles. The quantitative estimate of drug-likeness (QED) is 0.780. The van der Waals surface area contributed by atoms with Gasteiger partial charge in [0.2, 0.25) is 0 Å². The van der Waals surface area contributed by atoms with Crippen LogP contribution >= 0.6 is 23.5 Å². The van der Waals surface area contributed by atoms with Crippen LogP contribution < -0.4 is 4.72 Å². The highest BCUT2D eigenvalue weighted by molar-refractivity contribution is 8.22. The second-order valence-corrected chi connectivity index (χ2v) is 12.4. The van der Waals surface area contributed by atoms with Crippen molar-refractivity contribution in [2.75, 3.05) is 11.5 Å². The van der Waals surface area contributed by atoms with Crippen LogP contribution in [0.2, 0.25) is 0 Å². The second kappa shape index (κ2) is 7.66. The van der Waals surface area contributed by atoms with Crippen LogP contribution in [0, 0.1) is 0 Å². The van der Waals surface area contributed by atoms with Crippen molar-refractivity contribution in [3.63, 3.8) is 0 Å². The predicted molar refractivity (Wildman–Crippen MR) is 116 cm³/mol. The molecule has 0 spiro atoms. The van der Waals surface area contributed by atoms with Crippen LogP contribution in [0.5, 0.6) is 0 Å². The number of carbonyl (C=O) groups excluding carboxylic acids is 1. The summed E-state index contributed by atoms with van der Waals surface area (Å²) in [5.74, 6) is 1.98. The largest absolute Gasteiger partial charge is 0.297 e. The number of fused-ring (bicyclic) bond motifs is 1. The Bertz CT molecular complexity index is 838. The third-order valence-electron chi connectivity index (χ3n) is 4.48. The number of ketones is 1. The number of hydrogen-bond acceptors (Lipinski definition) is 4. The SMILES string of the molecule is CC(=O)C1([C@@H](NS(=O)C(C)(C)C)c2ccc3ccccc3c2)SCCS1. The van der Waals surface area contributed by atoms with Gasteiger partial charge >= 0.3 is 0 Å². The highest BCUT2D eigenvalue weighted by Crippen LogP contribution is 2.52. The van der Waals surface area contributed by atoms with Crippen molar-refractivity contribution in [3.05, 3.63) is 48.0 Å². The standard InChI is InChI=1S/C20H25NO2S3/c1-14(22)20(24-11-12-25-20)18(21-26(23)19(2,3)4)17-10-9-15-7-5-6-8-16(15)13-17/h5-10,13,18,21H,11-12H2,1-4H3/t18-,26?/m0/s1. The van der Waals surface area contributed by atoms with E-state index in [-0.39, 0.29) is 11.8 Å². The molecule has 140 valence electrons.